The maximum absolute atomic E-state index is 12.5. The zero-order valence-corrected chi connectivity index (χ0v) is 15.2. The highest BCUT2D eigenvalue weighted by atomic mass is 32.2. The third kappa shape index (κ3) is 4.03. The molecule has 1 aliphatic rings. The number of hydrogen-bond donors (Lipinski definition) is 1. The number of carbonyl (C=O) groups excluding carboxylic acids is 1. The molecule has 1 aromatic rings. The van der Waals surface area contributed by atoms with Crippen molar-refractivity contribution in [3.63, 3.8) is 0 Å². The second kappa shape index (κ2) is 7.04. The van der Waals surface area contributed by atoms with Gasteiger partial charge in [0.1, 0.15) is 5.82 Å². The fourth-order valence-electron chi connectivity index (χ4n) is 2.56. The standard InChI is InChI=1S/C15H24N4O4S/c1-17(2)14-6-5-11(7-16-14)15(21)19-8-12(13(20)9-19)10-24(22,23)18(3)4/h5-7,12-13,20H,8-10H2,1-4H3/t12-,13+/m0/s1. The number of aliphatic hydroxyl groups is 1. The molecule has 0 aliphatic carbocycles. The van der Waals surface area contributed by atoms with Gasteiger partial charge < -0.3 is 14.9 Å². The molecule has 1 N–H and O–H groups in total. The van der Waals surface area contributed by atoms with Gasteiger partial charge in [0, 0.05) is 53.4 Å². The SMILES string of the molecule is CN(C)c1ccc(C(=O)N2C[C@@H](CS(=O)(=O)N(C)C)[C@H](O)C2)cn1. The topological polar surface area (TPSA) is 94.1 Å². The van der Waals surface area contributed by atoms with E-state index < -0.39 is 22.0 Å². The minimum atomic E-state index is -3.43. The maximum atomic E-state index is 12.5. The summed E-state index contributed by atoms with van der Waals surface area (Å²) >= 11 is 0. The second-order valence-corrected chi connectivity index (χ2v) is 8.63. The van der Waals surface area contributed by atoms with E-state index in [0.29, 0.717) is 5.56 Å². The average molecular weight is 356 g/mol. The molecule has 0 bridgehead atoms. The van der Waals surface area contributed by atoms with Crippen molar-refractivity contribution in [2.24, 2.45) is 5.92 Å². The number of aromatic nitrogens is 1. The van der Waals surface area contributed by atoms with Crippen LogP contribution in [-0.2, 0) is 10.0 Å². The summed E-state index contributed by atoms with van der Waals surface area (Å²) < 4.78 is 25.1. The van der Waals surface area contributed by atoms with Crippen LogP contribution in [0.2, 0.25) is 0 Å². The van der Waals surface area contributed by atoms with Gasteiger partial charge in [0.2, 0.25) is 10.0 Å². The molecule has 1 saturated heterocycles. The predicted molar refractivity (Wildman–Crippen MR) is 91.4 cm³/mol. The van der Waals surface area contributed by atoms with Crippen LogP contribution in [0.5, 0.6) is 0 Å². The zero-order chi connectivity index (χ0) is 18.1. The Balaban J connectivity index is 2.07. The van der Waals surface area contributed by atoms with E-state index in [-0.39, 0.29) is 24.7 Å². The van der Waals surface area contributed by atoms with Crippen molar-refractivity contribution in [1.29, 1.82) is 0 Å². The van der Waals surface area contributed by atoms with Crippen LogP contribution in [0.25, 0.3) is 0 Å². The first-order valence-corrected chi connectivity index (χ1v) is 9.23. The summed E-state index contributed by atoms with van der Waals surface area (Å²) in [5.41, 5.74) is 0.420. The van der Waals surface area contributed by atoms with E-state index in [0.717, 1.165) is 10.1 Å². The summed E-state index contributed by atoms with van der Waals surface area (Å²) in [5.74, 6) is -0.183. The first-order chi connectivity index (χ1) is 11.1. The molecule has 24 heavy (non-hydrogen) atoms. The van der Waals surface area contributed by atoms with Gasteiger partial charge in [-0.1, -0.05) is 0 Å². The fraction of sp³-hybridized carbons (Fsp3) is 0.600. The van der Waals surface area contributed by atoms with Crippen molar-refractivity contribution < 1.29 is 18.3 Å². The largest absolute Gasteiger partial charge is 0.391 e. The van der Waals surface area contributed by atoms with Gasteiger partial charge in [-0.25, -0.2) is 17.7 Å². The van der Waals surface area contributed by atoms with E-state index in [9.17, 15) is 18.3 Å². The molecule has 0 spiro atoms. The summed E-state index contributed by atoms with van der Waals surface area (Å²) in [6, 6.07) is 3.43. The third-order valence-corrected chi connectivity index (χ3v) is 6.09. The molecule has 1 aromatic heterocycles. The second-order valence-electron chi connectivity index (χ2n) is 6.40. The summed E-state index contributed by atoms with van der Waals surface area (Å²) in [4.78, 5) is 20.0. The lowest BCUT2D eigenvalue weighted by Gasteiger charge is -2.18. The van der Waals surface area contributed by atoms with Crippen molar-refractivity contribution in [2.45, 2.75) is 6.10 Å². The number of pyridine rings is 1. The van der Waals surface area contributed by atoms with Gasteiger partial charge in [0.25, 0.3) is 5.91 Å². The fourth-order valence-corrected chi connectivity index (χ4v) is 3.73. The highest BCUT2D eigenvalue weighted by Gasteiger charge is 2.37. The minimum Gasteiger partial charge on any atom is -0.391 e. The van der Waals surface area contributed by atoms with E-state index in [2.05, 4.69) is 4.98 Å². The molecule has 0 radical (unpaired) electrons. The van der Waals surface area contributed by atoms with E-state index in [1.807, 2.05) is 19.0 Å². The van der Waals surface area contributed by atoms with Crippen molar-refractivity contribution in [2.75, 3.05) is 51.9 Å². The maximum Gasteiger partial charge on any atom is 0.255 e. The quantitative estimate of drug-likeness (QED) is 0.762. The molecule has 1 aliphatic heterocycles. The smallest absolute Gasteiger partial charge is 0.255 e. The monoisotopic (exact) mass is 356 g/mol. The molecule has 0 unspecified atom stereocenters. The van der Waals surface area contributed by atoms with Gasteiger partial charge in [-0.05, 0) is 12.1 Å². The lowest BCUT2D eigenvalue weighted by molar-refractivity contribution is 0.0764. The highest BCUT2D eigenvalue weighted by Crippen LogP contribution is 2.22. The van der Waals surface area contributed by atoms with Crippen molar-refractivity contribution >= 4 is 21.7 Å². The molecule has 2 rings (SSSR count). The Hall–Kier alpha value is -1.71. The predicted octanol–water partition coefficient (Wildman–Crippen LogP) is -0.528. The minimum absolute atomic E-state index is 0.127. The average Bonchev–Trinajstić information content (AvgIpc) is 2.87. The number of β-amino-alcohol motifs (C(OH)–C–C–N with tert-alkyl or cyclic N) is 1. The lowest BCUT2D eigenvalue weighted by Crippen LogP contribution is -2.33. The lowest BCUT2D eigenvalue weighted by atomic mass is 10.1. The van der Waals surface area contributed by atoms with Crippen molar-refractivity contribution in [1.82, 2.24) is 14.2 Å². The molecule has 0 aromatic carbocycles. The number of nitrogens with zero attached hydrogens (tertiary/aromatic N) is 4. The Bertz CT molecular complexity index is 688. The number of likely N-dealkylation sites (tertiary alicyclic amines) is 1. The Morgan fingerprint density at radius 3 is 2.46 bits per heavy atom. The van der Waals surface area contributed by atoms with Crippen LogP contribution in [0, 0.1) is 5.92 Å². The van der Waals surface area contributed by atoms with Crippen LogP contribution in [0.15, 0.2) is 18.3 Å². The zero-order valence-electron chi connectivity index (χ0n) is 14.4. The molecule has 1 amide bonds. The number of amides is 1. The van der Waals surface area contributed by atoms with Gasteiger partial charge in [0.05, 0.1) is 17.4 Å². The molecular formula is C15H24N4O4S. The first kappa shape index (κ1) is 18.6. The van der Waals surface area contributed by atoms with E-state index in [1.54, 1.807) is 12.1 Å². The number of carbonyl (C=O) groups is 1. The van der Waals surface area contributed by atoms with Crippen LogP contribution in [0.3, 0.4) is 0 Å². The van der Waals surface area contributed by atoms with Gasteiger partial charge in [-0.2, -0.15) is 0 Å². The molecule has 9 heteroatoms. The van der Waals surface area contributed by atoms with E-state index >= 15 is 0 Å². The molecule has 1 fully saturated rings. The van der Waals surface area contributed by atoms with Gasteiger partial charge in [-0.3, -0.25) is 4.79 Å². The summed E-state index contributed by atoms with van der Waals surface area (Å²) in [5, 5.41) is 10.1. The molecule has 2 heterocycles. The van der Waals surface area contributed by atoms with Gasteiger partial charge >= 0.3 is 0 Å². The number of aliphatic hydroxyl groups excluding tert-OH is 1. The number of hydrogen-bond acceptors (Lipinski definition) is 6. The number of rotatable bonds is 5. The number of anilines is 1. The number of sulfonamides is 1. The first-order valence-electron chi connectivity index (χ1n) is 7.62. The molecular weight excluding hydrogens is 332 g/mol. The van der Waals surface area contributed by atoms with E-state index in [1.165, 1.54) is 25.2 Å². The molecule has 0 saturated carbocycles. The normalized spacial score (nSPS) is 21.3. The highest BCUT2D eigenvalue weighted by molar-refractivity contribution is 7.89. The molecule has 2 atom stereocenters. The van der Waals surface area contributed by atoms with Crippen LogP contribution < -0.4 is 4.90 Å². The molecule has 8 nitrogen and oxygen atoms in total. The van der Waals surface area contributed by atoms with E-state index in [4.69, 9.17) is 0 Å². The van der Waals surface area contributed by atoms with Crippen LogP contribution >= 0.6 is 0 Å². The van der Waals surface area contributed by atoms with Crippen LogP contribution in [0.4, 0.5) is 5.82 Å². The summed E-state index contributed by atoms with van der Waals surface area (Å²) in [6.45, 7) is 0.338. The summed E-state index contributed by atoms with van der Waals surface area (Å²) in [7, 11) is 3.20. The Morgan fingerprint density at radius 2 is 1.96 bits per heavy atom. The Morgan fingerprint density at radius 1 is 1.29 bits per heavy atom. The van der Waals surface area contributed by atoms with Gasteiger partial charge in [0.15, 0.2) is 0 Å². The third-order valence-electron chi connectivity index (χ3n) is 4.13. The van der Waals surface area contributed by atoms with Crippen LogP contribution in [0.1, 0.15) is 10.4 Å². The molecule has 134 valence electrons. The van der Waals surface area contributed by atoms with Crippen molar-refractivity contribution in [3.05, 3.63) is 23.9 Å². The van der Waals surface area contributed by atoms with Crippen molar-refractivity contribution in [3.8, 4) is 0 Å². The van der Waals surface area contributed by atoms with Crippen LogP contribution in [-0.4, -0.2) is 86.8 Å². The van der Waals surface area contributed by atoms with Gasteiger partial charge in [-0.15, -0.1) is 0 Å². The Kier molecular flexibility index (Phi) is 5.46. The Labute approximate surface area is 142 Å². The summed E-state index contributed by atoms with van der Waals surface area (Å²) in [6.07, 6.45) is 0.645.